The Labute approximate surface area is 120 Å². The molecule has 19 heavy (non-hydrogen) atoms. The summed E-state index contributed by atoms with van der Waals surface area (Å²) >= 11 is 7.49. The normalized spacial score (nSPS) is 10.4. The highest BCUT2D eigenvalue weighted by Gasteiger charge is 2.10. The van der Waals surface area contributed by atoms with Gasteiger partial charge in [0.25, 0.3) is 0 Å². The smallest absolute Gasteiger partial charge is 0.337 e. The molecule has 2 rings (SSSR count). The Morgan fingerprint density at radius 2 is 2.21 bits per heavy atom. The summed E-state index contributed by atoms with van der Waals surface area (Å²) in [5, 5.41) is 12.2. The zero-order valence-electron chi connectivity index (χ0n) is 10.3. The van der Waals surface area contributed by atoms with E-state index < -0.39 is 5.97 Å². The van der Waals surface area contributed by atoms with Gasteiger partial charge in [0, 0.05) is 16.0 Å². The van der Waals surface area contributed by atoms with Crippen molar-refractivity contribution in [3.8, 4) is 0 Å². The van der Waals surface area contributed by atoms with Gasteiger partial charge in [-0.2, -0.15) is 0 Å². The number of nitrogens with zero attached hydrogens (tertiary/aromatic N) is 1. The summed E-state index contributed by atoms with van der Waals surface area (Å²) in [6.07, 6.45) is 2.37. The van der Waals surface area contributed by atoms with E-state index in [1.165, 1.54) is 22.0 Å². The van der Waals surface area contributed by atoms with Crippen molar-refractivity contribution in [2.45, 2.75) is 19.9 Å². The fraction of sp³-hybridized carbons (Fsp3) is 0.231. The Hall–Kier alpha value is -1.59. The number of thiophene rings is 1. The maximum absolute atomic E-state index is 11.0. The van der Waals surface area contributed by atoms with Gasteiger partial charge in [0.2, 0.25) is 0 Å². The predicted octanol–water partition coefficient (Wildman–Crippen LogP) is 3.67. The third-order valence-electron chi connectivity index (χ3n) is 2.60. The molecule has 0 saturated carbocycles. The third kappa shape index (κ3) is 3.45. The maximum atomic E-state index is 11.0. The zero-order valence-corrected chi connectivity index (χ0v) is 11.9. The van der Waals surface area contributed by atoms with Gasteiger partial charge in [-0.15, -0.1) is 11.3 Å². The third-order valence-corrected chi connectivity index (χ3v) is 4.13. The van der Waals surface area contributed by atoms with Gasteiger partial charge in [0.15, 0.2) is 0 Å². The molecule has 0 atom stereocenters. The van der Waals surface area contributed by atoms with Crippen molar-refractivity contribution < 1.29 is 9.90 Å². The van der Waals surface area contributed by atoms with Crippen molar-refractivity contribution >= 4 is 34.7 Å². The number of rotatable bonds is 5. The fourth-order valence-corrected chi connectivity index (χ4v) is 2.67. The van der Waals surface area contributed by atoms with Gasteiger partial charge >= 0.3 is 5.97 Å². The minimum absolute atomic E-state index is 0.0552. The van der Waals surface area contributed by atoms with Gasteiger partial charge in [0.05, 0.1) is 17.1 Å². The van der Waals surface area contributed by atoms with Crippen molar-refractivity contribution in [2.24, 2.45) is 0 Å². The molecule has 0 saturated heterocycles. The highest BCUT2D eigenvalue weighted by atomic mass is 35.5. The number of carbonyl (C=O) groups is 1. The molecule has 0 aliphatic heterocycles. The second-order valence-corrected chi connectivity index (χ2v) is 5.59. The van der Waals surface area contributed by atoms with Crippen molar-refractivity contribution in [1.29, 1.82) is 0 Å². The summed E-state index contributed by atoms with van der Waals surface area (Å²) in [7, 11) is 0. The van der Waals surface area contributed by atoms with Gasteiger partial charge in [0.1, 0.15) is 5.82 Å². The van der Waals surface area contributed by atoms with Gasteiger partial charge in [-0.1, -0.05) is 18.5 Å². The molecule has 2 N–H and O–H groups in total. The van der Waals surface area contributed by atoms with E-state index in [1.807, 2.05) is 0 Å². The first kappa shape index (κ1) is 13.8. The summed E-state index contributed by atoms with van der Waals surface area (Å²) in [5.74, 6) is -0.548. The molecule has 0 bridgehead atoms. The van der Waals surface area contributed by atoms with E-state index in [9.17, 15) is 4.79 Å². The van der Waals surface area contributed by atoms with Gasteiger partial charge < -0.3 is 10.4 Å². The number of carboxylic acid groups (broad SMARTS) is 1. The highest BCUT2D eigenvalue weighted by molar-refractivity contribution is 7.12. The van der Waals surface area contributed by atoms with Crippen molar-refractivity contribution in [2.75, 3.05) is 5.32 Å². The first-order valence-corrected chi connectivity index (χ1v) is 7.00. The van der Waals surface area contributed by atoms with Gasteiger partial charge in [-0.05, 0) is 24.6 Å². The summed E-state index contributed by atoms with van der Waals surface area (Å²) in [4.78, 5) is 17.5. The van der Waals surface area contributed by atoms with Crippen LogP contribution >= 0.6 is 22.9 Å². The molecule has 2 heterocycles. The number of aromatic nitrogens is 1. The van der Waals surface area contributed by atoms with Crippen LogP contribution in [-0.2, 0) is 13.0 Å². The van der Waals surface area contributed by atoms with Crippen molar-refractivity contribution in [3.63, 3.8) is 0 Å². The molecule has 6 heteroatoms. The Bertz CT molecular complexity index is 598. The number of halogens is 1. The molecule has 0 fully saturated rings. The number of pyridine rings is 1. The van der Waals surface area contributed by atoms with Crippen LogP contribution in [0.5, 0.6) is 0 Å². The summed E-state index contributed by atoms with van der Waals surface area (Å²) < 4.78 is 0. The Balaban J connectivity index is 2.07. The average molecular weight is 297 g/mol. The molecular weight excluding hydrogens is 284 g/mol. The first-order chi connectivity index (χ1) is 9.10. The number of hydrogen-bond acceptors (Lipinski definition) is 4. The van der Waals surface area contributed by atoms with Crippen LogP contribution in [0.4, 0.5) is 5.82 Å². The zero-order chi connectivity index (χ0) is 13.8. The molecule has 0 aliphatic rings. The molecule has 100 valence electrons. The number of carboxylic acids is 1. The lowest BCUT2D eigenvalue weighted by Gasteiger charge is -2.05. The standard InChI is InChI=1S/C13H13ClN2O2S/c1-2-8-3-4-9(19-8)6-15-12-5-10(13(17)18)11(14)7-16-12/h3-5,7H,2,6H2,1H3,(H,15,16)(H,17,18). The van der Waals surface area contributed by atoms with Crippen LogP contribution in [0, 0.1) is 0 Å². The molecule has 2 aromatic heterocycles. The Morgan fingerprint density at radius 1 is 1.47 bits per heavy atom. The molecule has 4 nitrogen and oxygen atoms in total. The first-order valence-electron chi connectivity index (χ1n) is 5.80. The SMILES string of the molecule is CCc1ccc(CNc2cc(C(=O)O)c(Cl)cn2)s1. The van der Waals surface area contributed by atoms with E-state index in [2.05, 4.69) is 29.4 Å². The van der Waals surface area contributed by atoms with Crippen LogP contribution in [-0.4, -0.2) is 16.1 Å². The predicted molar refractivity (Wildman–Crippen MR) is 77.2 cm³/mol. The second kappa shape index (κ2) is 6.04. The van der Waals surface area contributed by atoms with Crippen LogP contribution in [0.1, 0.15) is 27.0 Å². The fourth-order valence-electron chi connectivity index (χ4n) is 1.58. The van der Waals surface area contributed by atoms with E-state index >= 15 is 0 Å². The molecule has 0 aliphatic carbocycles. The number of aromatic carboxylic acids is 1. The van der Waals surface area contributed by atoms with E-state index in [1.54, 1.807) is 11.3 Å². The largest absolute Gasteiger partial charge is 0.478 e. The van der Waals surface area contributed by atoms with E-state index in [0.717, 1.165) is 6.42 Å². The molecule has 0 amide bonds. The number of aryl methyl sites for hydroxylation is 1. The molecule has 2 aromatic rings. The lowest BCUT2D eigenvalue weighted by Crippen LogP contribution is -2.04. The molecule has 0 aromatic carbocycles. The monoisotopic (exact) mass is 296 g/mol. The molecule has 0 unspecified atom stereocenters. The minimum Gasteiger partial charge on any atom is -0.478 e. The van der Waals surface area contributed by atoms with Crippen LogP contribution in [0.15, 0.2) is 24.4 Å². The van der Waals surface area contributed by atoms with E-state index in [-0.39, 0.29) is 10.6 Å². The summed E-state index contributed by atoms with van der Waals surface area (Å²) in [5.41, 5.74) is 0.0552. The van der Waals surface area contributed by atoms with Crippen LogP contribution < -0.4 is 5.32 Å². The summed E-state index contributed by atoms with van der Waals surface area (Å²) in [6, 6.07) is 5.60. The highest BCUT2D eigenvalue weighted by Crippen LogP contribution is 2.20. The number of hydrogen-bond donors (Lipinski definition) is 2. The topological polar surface area (TPSA) is 62.2 Å². The van der Waals surface area contributed by atoms with E-state index in [4.69, 9.17) is 16.7 Å². The summed E-state index contributed by atoms with van der Waals surface area (Å²) in [6.45, 7) is 2.74. The van der Waals surface area contributed by atoms with Crippen LogP contribution in [0.25, 0.3) is 0 Å². The lowest BCUT2D eigenvalue weighted by atomic mass is 10.2. The van der Waals surface area contributed by atoms with E-state index in [0.29, 0.717) is 12.4 Å². The Morgan fingerprint density at radius 3 is 2.84 bits per heavy atom. The second-order valence-electron chi connectivity index (χ2n) is 3.93. The molecule has 0 radical (unpaired) electrons. The van der Waals surface area contributed by atoms with Crippen molar-refractivity contribution in [3.05, 3.63) is 44.7 Å². The minimum atomic E-state index is -1.06. The van der Waals surface area contributed by atoms with Crippen LogP contribution in [0.2, 0.25) is 5.02 Å². The van der Waals surface area contributed by atoms with Crippen LogP contribution in [0.3, 0.4) is 0 Å². The average Bonchev–Trinajstić information content (AvgIpc) is 2.85. The molecule has 0 spiro atoms. The van der Waals surface area contributed by atoms with Gasteiger partial charge in [-0.3, -0.25) is 0 Å². The molecular formula is C13H13ClN2O2S. The number of anilines is 1. The number of nitrogens with one attached hydrogen (secondary N) is 1. The van der Waals surface area contributed by atoms with Gasteiger partial charge in [-0.25, -0.2) is 9.78 Å². The lowest BCUT2D eigenvalue weighted by molar-refractivity contribution is 0.0697. The quantitative estimate of drug-likeness (QED) is 0.884. The Kier molecular flexibility index (Phi) is 4.39. The van der Waals surface area contributed by atoms with Crippen molar-refractivity contribution in [1.82, 2.24) is 4.98 Å². The maximum Gasteiger partial charge on any atom is 0.337 e.